The SMILES string of the molecule is CCCCCCCC/C=C/CCCCCCCCCC(=O)NC(COP(=O)([O-])OCC[N+](C)(C)C)C(/C=C/CCCCCCCCCCCC)OC(=O)CCCCCCCCCCCCCCCCCCC. The molecular formula is C62H121N2O7P. The van der Waals surface area contributed by atoms with Gasteiger partial charge in [-0.05, 0) is 57.4 Å². The van der Waals surface area contributed by atoms with E-state index in [4.69, 9.17) is 13.8 Å². The molecule has 0 fully saturated rings. The van der Waals surface area contributed by atoms with Gasteiger partial charge in [0.2, 0.25) is 5.91 Å². The molecule has 0 radical (unpaired) electrons. The first-order valence-electron chi connectivity index (χ1n) is 31.1. The Morgan fingerprint density at radius 3 is 1.18 bits per heavy atom. The van der Waals surface area contributed by atoms with Crippen molar-refractivity contribution < 1.29 is 37.3 Å². The van der Waals surface area contributed by atoms with Gasteiger partial charge in [0.1, 0.15) is 19.3 Å². The Labute approximate surface area is 447 Å². The number of carbonyl (C=O) groups is 2. The third kappa shape index (κ3) is 53.3. The zero-order chi connectivity index (χ0) is 52.9. The van der Waals surface area contributed by atoms with Crippen LogP contribution in [-0.4, -0.2) is 69.4 Å². The molecule has 426 valence electrons. The summed E-state index contributed by atoms with van der Waals surface area (Å²) in [6.07, 6.45) is 61.3. The van der Waals surface area contributed by atoms with Crippen molar-refractivity contribution in [1.82, 2.24) is 5.32 Å². The van der Waals surface area contributed by atoms with Crippen LogP contribution in [-0.2, 0) is 27.9 Å². The Kier molecular flexibility index (Phi) is 51.8. The molecule has 1 N–H and O–H groups in total. The van der Waals surface area contributed by atoms with Crippen LogP contribution in [0.1, 0.15) is 310 Å². The molecule has 0 heterocycles. The van der Waals surface area contributed by atoms with Gasteiger partial charge in [-0.2, -0.15) is 0 Å². The molecule has 3 unspecified atom stereocenters. The van der Waals surface area contributed by atoms with Gasteiger partial charge < -0.3 is 28.5 Å². The molecule has 0 aromatic heterocycles. The number of likely N-dealkylation sites (N-methyl/N-ethyl adjacent to an activating group) is 1. The molecule has 0 saturated carbocycles. The summed E-state index contributed by atoms with van der Waals surface area (Å²) in [5.41, 5.74) is 0. The van der Waals surface area contributed by atoms with Gasteiger partial charge >= 0.3 is 5.97 Å². The molecular weight excluding hydrogens is 916 g/mol. The summed E-state index contributed by atoms with van der Waals surface area (Å²) < 4.78 is 30.3. The molecule has 9 nitrogen and oxygen atoms in total. The lowest BCUT2D eigenvalue weighted by Gasteiger charge is -2.30. The number of phosphoric acid groups is 1. The number of phosphoric ester groups is 1. The molecule has 0 spiro atoms. The van der Waals surface area contributed by atoms with E-state index in [1.807, 2.05) is 33.3 Å². The summed E-state index contributed by atoms with van der Waals surface area (Å²) in [6.45, 7) is 6.87. The first-order valence-corrected chi connectivity index (χ1v) is 32.6. The number of unbranched alkanes of at least 4 members (excludes halogenated alkanes) is 39. The van der Waals surface area contributed by atoms with Gasteiger partial charge in [-0.1, -0.05) is 264 Å². The molecule has 1 amide bonds. The Morgan fingerprint density at radius 2 is 0.806 bits per heavy atom. The second-order valence-corrected chi connectivity index (χ2v) is 24.0. The van der Waals surface area contributed by atoms with Crippen molar-refractivity contribution in [2.45, 2.75) is 322 Å². The average molecular weight is 1040 g/mol. The Morgan fingerprint density at radius 1 is 0.472 bits per heavy atom. The molecule has 0 aromatic carbocycles. The summed E-state index contributed by atoms with van der Waals surface area (Å²) >= 11 is 0. The molecule has 0 bridgehead atoms. The number of nitrogens with zero attached hydrogens (tertiary/aromatic N) is 1. The molecule has 0 aliphatic rings. The monoisotopic (exact) mass is 1040 g/mol. The van der Waals surface area contributed by atoms with Gasteiger partial charge in [-0.15, -0.1) is 0 Å². The van der Waals surface area contributed by atoms with Gasteiger partial charge in [0, 0.05) is 12.8 Å². The van der Waals surface area contributed by atoms with Crippen molar-refractivity contribution in [1.29, 1.82) is 0 Å². The fourth-order valence-corrected chi connectivity index (χ4v) is 10.0. The minimum atomic E-state index is -4.69. The number of carbonyl (C=O) groups excluding carboxylic acids is 2. The maximum absolute atomic E-state index is 13.5. The van der Waals surface area contributed by atoms with Crippen LogP contribution >= 0.6 is 7.82 Å². The smallest absolute Gasteiger partial charge is 0.306 e. The number of nitrogens with one attached hydrogen (secondary N) is 1. The van der Waals surface area contributed by atoms with E-state index in [9.17, 15) is 19.0 Å². The topological polar surface area (TPSA) is 114 Å². The van der Waals surface area contributed by atoms with Gasteiger partial charge in [0.25, 0.3) is 7.82 Å². The number of allylic oxidation sites excluding steroid dienone is 3. The molecule has 0 saturated heterocycles. The van der Waals surface area contributed by atoms with Crippen LogP contribution in [0.2, 0.25) is 0 Å². The van der Waals surface area contributed by atoms with Crippen molar-refractivity contribution >= 4 is 19.7 Å². The summed E-state index contributed by atoms with van der Waals surface area (Å²) in [5, 5.41) is 3.03. The van der Waals surface area contributed by atoms with E-state index in [1.54, 1.807) is 0 Å². The minimum absolute atomic E-state index is 0.0197. The molecule has 0 aliphatic heterocycles. The van der Waals surface area contributed by atoms with E-state index < -0.39 is 20.0 Å². The van der Waals surface area contributed by atoms with Gasteiger partial charge in [-0.25, -0.2) is 0 Å². The summed E-state index contributed by atoms with van der Waals surface area (Å²) in [7, 11) is 1.20. The van der Waals surface area contributed by atoms with Crippen LogP contribution < -0.4 is 10.2 Å². The van der Waals surface area contributed by atoms with Crippen molar-refractivity contribution in [3.8, 4) is 0 Å². The predicted octanol–water partition coefficient (Wildman–Crippen LogP) is 18.3. The summed E-state index contributed by atoms with van der Waals surface area (Å²) in [4.78, 5) is 40.0. The fourth-order valence-electron chi connectivity index (χ4n) is 9.28. The van der Waals surface area contributed by atoms with E-state index in [1.165, 1.54) is 205 Å². The largest absolute Gasteiger partial charge is 0.756 e. The second-order valence-electron chi connectivity index (χ2n) is 22.6. The molecule has 10 heteroatoms. The van der Waals surface area contributed by atoms with E-state index in [-0.39, 0.29) is 31.5 Å². The van der Waals surface area contributed by atoms with Crippen molar-refractivity contribution in [2.24, 2.45) is 0 Å². The van der Waals surface area contributed by atoms with Crippen molar-refractivity contribution in [3.05, 3.63) is 24.3 Å². The highest BCUT2D eigenvalue weighted by Gasteiger charge is 2.27. The second kappa shape index (κ2) is 52.9. The van der Waals surface area contributed by atoms with Gasteiger partial charge in [-0.3, -0.25) is 14.2 Å². The normalized spacial score (nSPS) is 13.8. The van der Waals surface area contributed by atoms with Crippen molar-refractivity contribution in [3.63, 3.8) is 0 Å². The van der Waals surface area contributed by atoms with Crippen LogP contribution in [0.4, 0.5) is 0 Å². The number of amides is 1. The molecule has 3 atom stereocenters. The molecule has 0 aromatic rings. The Hall–Kier alpha value is -1.51. The predicted molar refractivity (Wildman–Crippen MR) is 307 cm³/mol. The average Bonchev–Trinajstić information content (AvgIpc) is 3.34. The maximum atomic E-state index is 13.5. The van der Waals surface area contributed by atoms with Crippen LogP contribution in [0.25, 0.3) is 0 Å². The Bertz CT molecular complexity index is 1290. The van der Waals surface area contributed by atoms with Crippen LogP contribution in [0, 0.1) is 0 Å². The molecule has 0 aliphatic carbocycles. The molecule has 72 heavy (non-hydrogen) atoms. The fraction of sp³-hybridized carbons (Fsp3) is 0.903. The highest BCUT2D eigenvalue weighted by Crippen LogP contribution is 2.38. The lowest BCUT2D eigenvalue weighted by Crippen LogP contribution is -2.47. The number of ether oxygens (including phenoxy) is 1. The van der Waals surface area contributed by atoms with E-state index >= 15 is 0 Å². The van der Waals surface area contributed by atoms with Gasteiger partial charge in [0.05, 0.1) is 33.8 Å². The lowest BCUT2D eigenvalue weighted by atomic mass is 10.0. The minimum Gasteiger partial charge on any atom is -0.756 e. The third-order valence-electron chi connectivity index (χ3n) is 14.1. The first kappa shape index (κ1) is 70.5. The number of hydrogen-bond donors (Lipinski definition) is 1. The number of rotatable bonds is 57. The standard InChI is InChI=1S/C62H121N2O7P/c1-7-10-13-16-19-22-25-28-30-32-34-36-39-42-45-48-51-54-61(65)63-59(58-70-72(67,68)69-57-56-64(4,5)6)60(53-50-47-44-41-38-27-24-21-18-15-12-9-3)71-62(66)55-52-49-46-43-40-37-35-33-31-29-26-23-20-17-14-11-8-2/h28,30,50,53,59-60H,7-27,29,31-49,51-52,54-58H2,1-6H3,(H-,63,65,67,68)/b30-28+,53-50+. The molecule has 0 rings (SSSR count). The number of esters is 1. The first-order chi connectivity index (χ1) is 34.9. The van der Waals surface area contributed by atoms with Crippen LogP contribution in [0.3, 0.4) is 0 Å². The highest BCUT2D eigenvalue weighted by molar-refractivity contribution is 7.45. The van der Waals surface area contributed by atoms with Gasteiger partial charge in [0.15, 0.2) is 0 Å². The van der Waals surface area contributed by atoms with E-state index in [0.29, 0.717) is 17.4 Å². The Balaban J connectivity index is 5.24. The zero-order valence-corrected chi connectivity index (χ0v) is 49.6. The van der Waals surface area contributed by atoms with Crippen LogP contribution in [0.5, 0.6) is 0 Å². The van der Waals surface area contributed by atoms with Crippen LogP contribution in [0.15, 0.2) is 24.3 Å². The van der Waals surface area contributed by atoms with E-state index in [2.05, 4.69) is 38.2 Å². The maximum Gasteiger partial charge on any atom is 0.306 e. The summed E-state index contributed by atoms with van der Waals surface area (Å²) in [6, 6.07) is -0.884. The third-order valence-corrected chi connectivity index (χ3v) is 15.1. The lowest BCUT2D eigenvalue weighted by molar-refractivity contribution is -0.870. The quantitative estimate of drug-likeness (QED) is 0.0212. The number of quaternary nitrogens is 1. The number of hydrogen-bond acceptors (Lipinski definition) is 7. The van der Waals surface area contributed by atoms with Crippen molar-refractivity contribution in [2.75, 3.05) is 40.9 Å². The zero-order valence-electron chi connectivity index (χ0n) is 48.7. The summed E-state index contributed by atoms with van der Waals surface area (Å²) in [5.74, 6) is -0.530. The highest BCUT2D eigenvalue weighted by atomic mass is 31.2. The van der Waals surface area contributed by atoms with E-state index in [0.717, 1.165) is 70.6 Å².